The number of carbonyl (C=O) groups is 1. The van der Waals surface area contributed by atoms with Crippen molar-refractivity contribution in [2.45, 2.75) is 76.8 Å². The first-order valence-electron chi connectivity index (χ1n) is 22.0. The Labute approximate surface area is 371 Å². The van der Waals surface area contributed by atoms with Crippen molar-refractivity contribution < 1.29 is 26.9 Å². The molecule has 0 unspecified atom stereocenters. The van der Waals surface area contributed by atoms with Crippen molar-refractivity contribution in [2.24, 2.45) is 11.8 Å². The fourth-order valence-electron chi connectivity index (χ4n) is 10.3. The van der Waals surface area contributed by atoms with Crippen molar-refractivity contribution in [1.29, 1.82) is 0 Å². The Morgan fingerprint density at radius 3 is 2.31 bits per heavy atom. The van der Waals surface area contributed by atoms with Gasteiger partial charge in [-0.1, -0.05) is 12.1 Å². The molecule has 1 amide bonds. The van der Waals surface area contributed by atoms with Gasteiger partial charge in [-0.3, -0.25) is 33.1 Å². The number of imidazole rings is 1. The monoisotopic (exact) mass is 902 g/mol. The van der Waals surface area contributed by atoms with E-state index in [0.29, 0.717) is 83.6 Å². The van der Waals surface area contributed by atoms with Crippen LogP contribution in [0.5, 0.6) is 0 Å². The highest BCUT2D eigenvalue weighted by molar-refractivity contribution is 7.92. The smallest absolute Gasteiger partial charge is 0.381 e. The first kappa shape index (κ1) is 41.1. The summed E-state index contributed by atoms with van der Waals surface area (Å²) in [5.74, 6) is -0.209. The first-order valence-corrected chi connectivity index (χ1v) is 23.8. The third kappa shape index (κ3) is 6.85. The van der Waals surface area contributed by atoms with Crippen molar-refractivity contribution in [3.05, 3.63) is 133 Å². The Kier molecular flexibility index (Phi) is 9.48. The number of aromatic amines is 1. The molecule has 5 aromatic heterocycles. The van der Waals surface area contributed by atoms with Crippen LogP contribution in [0.25, 0.3) is 28.2 Å². The molecule has 7 heterocycles. The maximum absolute atomic E-state index is 15.7. The maximum Gasteiger partial charge on any atom is 0.438 e. The summed E-state index contributed by atoms with van der Waals surface area (Å²) in [5.41, 5.74) is 5.13. The van der Waals surface area contributed by atoms with Crippen molar-refractivity contribution in [2.75, 3.05) is 30.7 Å². The number of hydrogen-bond donors (Lipinski definition) is 2. The molecule has 2 aromatic carbocycles. The van der Waals surface area contributed by atoms with Crippen LogP contribution in [0.4, 0.5) is 10.1 Å². The van der Waals surface area contributed by atoms with Gasteiger partial charge in [-0.05, 0) is 124 Å². The topological polar surface area (TPSA) is 197 Å². The fraction of sp³-hybridized carbons (Fsp3) is 0.391. The van der Waals surface area contributed by atoms with Crippen LogP contribution in [0, 0.1) is 31.5 Å². The van der Waals surface area contributed by atoms with Crippen LogP contribution in [0.15, 0.2) is 81.1 Å². The Bertz CT molecular complexity index is 3270. The van der Waals surface area contributed by atoms with Gasteiger partial charge in [-0.25, -0.2) is 27.1 Å². The molecule has 2 aliphatic carbocycles. The Hall–Kier alpha value is -6.60. The Balaban J connectivity index is 1.07. The quantitative estimate of drug-likeness (QED) is 0.169. The number of aromatic nitrogens is 8. The van der Waals surface area contributed by atoms with Crippen molar-refractivity contribution >= 4 is 32.7 Å². The predicted molar refractivity (Wildman–Crippen MR) is 237 cm³/mol. The van der Waals surface area contributed by atoms with Crippen LogP contribution in [0.1, 0.15) is 95.4 Å². The van der Waals surface area contributed by atoms with Gasteiger partial charge in [0.25, 0.3) is 5.91 Å². The van der Waals surface area contributed by atoms with Crippen LogP contribution >= 0.6 is 0 Å². The normalized spacial score (nSPS) is 21.2. The van der Waals surface area contributed by atoms with Crippen molar-refractivity contribution in [3.8, 4) is 17.2 Å². The largest absolute Gasteiger partial charge is 0.438 e. The van der Waals surface area contributed by atoms with Crippen LogP contribution in [-0.2, 0) is 26.7 Å². The summed E-state index contributed by atoms with van der Waals surface area (Å²) in [6.45, 7) is 7.08. The SMILES string of the molecule is Cc1cc(-n2nc3c(c2-n2ccn(-c4ccc(NS(C)(=O)=O)cc4)c2=O)[C@H](C2CC2)N(C(=O)c2cc4nc(C5CCOCC5)ccc4n2[C@@]2(c4noc(=O)[nH]4)C[C@@H]2C)CC3)cc(C)c1F. The summed E-state index contributed by atoms with van der Waals surface area (Å²) >= 11 is 0. The number of fused-ring (bicyclic) bond motifs is 2. The number of aryl methyl sites for hydroxylation is 2. The lowest BCUT2D eigenvalue weighted by Gasteiger charge is -2.36. The molecular weight excluding hydrogens is 856 g/mol. The first-order chi connectivity index (χ1) is 31.2. The van der Waals surface area contributed by atoms with Gasteiger partial charge in [-0.15, -0.1) is 0 Å². The van der Waals surface area contributed by atoms with E-state index in [0.717, 1.165) is 54.4 Å². The van der Waals surface area contributed by atoms with E-state index in [1.54, 1.807) is 67.3 Å². The number of benzene rings is 2. The summed E-state index contributed by atoms with van der Waals surface area (Å²) in [6, 6.07) is 15.3. The average molecular weight is 903 g/mol. The molecule has 336 valence electrons. The van der Waals surface area contributed by atoms with E-state index in [1.807, 2.05) is 27.7 Å². The minimum atomic E-state index is -3.52. The number of nitrogens with zero attached hydrogens (tertiary/aromatic N) is 8. The number of nitrogens with one attached hydrogen (secondary N) is 2. The lowest BCUT2D eigenvalue weighted by molar-refractivity contribution is 0.0620. The van der Waals surface area contributed by atoms with Gasteiger partial charge in [0.15, 0.2) is 5.82 Å². The van der Waals surface area contributed by atoms with E-state index in [2.05, 4.69) is 21.8 Å². The third-order valence-electron chi connectivity index (χ3n) is 13.7. The molecule has 3 atom stereocenters. The molecular formula is C46H47FN10O7S. The summed E-state index contributed by atoms with van der Waals surface area (Å²) in [6.07, 6.45) is 8.71. The zero-order chi connectivity index (χ0) is 45.1. The number of amides is 1. The highest BCUT2D eigenvalue weighted by atomic mass is 32.2. The van der Waals surface area contributed by atoms with E-state index in [-0.39, 0.29) is 29.5 Å². The molecule has 7 aromatic rings. The molecule has 2 N–H and O–H groups in total. The van der Waals surface area contributed by atoms with Gasteiger partial charge < -0.3 is 14.2 Å². The number of pyridine rings is 1. The molecule has 65 heavy (non-hydrogen) atoms. The van der Waals surface area contributed by atoms with E-state index < -0.39 is 33.0 Å². The second-order valence-electron chi connectivity index (χ2n) is 18.1. The molecule has 1 saturated heterocycles. The van der Waals surface area contributed by atoms with Gasteiger partial charge >= 0.3 is 11.4 Å². The van der Waals surface area contributed by atoms with E-state index in [9.17, 15) is 18.0 Å². The van der Waals surface area contributed by atoms with E-state index in [4.69, 9.17) is 19.3 Å². The summed E-state index contributed by atoms with van der Waals surface area (Å²) in [7, 11) is -3.52. The van der Waals surface area contributed by atoms with E-state index >= 15 is 9.18 Å². The van der Waals surface area contributed by atoms with Crippen molar-refractivity contribution in [3.63, 3.8) is 0 Å². The summed E-state index contributed by atoms with van der Waals surface area (Å²) < 4.78 is 58.8. The highest BCUT2D eigenvalue weighted by Gasteiger charge is 2.59. The van der Waals surface area contributed by atoms with Crippen LogP contribution in [0.2, 0.25) is 0 Å². The summed E-state index contributed by atoms with van der Waals surface area (Å²) in [4.78, 5) is 52.8. The van der Waals surface area contributed by atoms with Gasteiger partial charge in [0.2, 0.25) is 10.0 Å². The van der Waals surface area contributed by atoms with Gasteiger partial charge in [0, 0.05) is 61.4 Å². The second kappa shape index (κ2) is 15.0. The predicted octanol–water partition coefficient (Wildman–Crippen LogP) is 5.79. The zero-order valence-corrected chi connectivity index (χ0v) is 37.1. The highest BCUT2D eigenvalue weighted by Crippen LogP contribution is 2.56. The third-order valence-corrected chi connectivity index (χ3v) is 14.3. The standard InChI is InChI=1S/C46H47FN10O7S/c1-25-21-32(22-26(2)39(25)47)57-41(55-18-17-53(45(55)60)31-9-7-30(8-10-31)52-65(4,61)62)38-34(50-57)13-16-54(40(38)29-5-6-29)42(58)37-23-35-36(12-11-33(48-35)28-14-19-63-20-15-28)56(37)46(24-27(46)3)43-49-44(59)64-51-43/h7-12,17-18,21-23,27-29,40,52H,5-6,13-16,19-20,24H2,1-4H3,(H,49,51,59)/t27-,40-,46-/m0/s1. The summed E-state index contributed by atoms with van der Waals surface area (Å²) in [5, 5.41) is 9.33. The van der Waals surface area contributed by atoms with Crippen LogP contribution in [0.3, 0.4) is 0 Å². The number of anilines is 1. The zero-order valence-electron chi connectivity index (χ0n) is 36.2. The van der Waals surface area contributed by atoms with Crippen LogP contribution in [-0.4, -0.2) is 83.8 Å². The number of carbonyl (C=O) groups excluding carboxylic acids is 1. The minimum Gasteiger partial charge on any atom is -0.381 e. The molecule has 2 aliphatic heterocycles. The molecule has 0 radical (unpaired) electrons. The lowest BCUT2D eigenvalue weighted by Crippen LogP contribution is -2.43. The van der Waals surface area contributed by atoms with Crippen molar-refractivity contribution in [1.82, 2.24) is 43.5 Å². The molecule has 3 fully saturated rings. The number of rotatable bonds is 10. The van der Waals surface area contributed by atoms with Crippen LogP contribution < -0.4 is 16.2 Å². The molecule has 17 nitrogen and oxygen atoms in total. The minimum absolute atomic E-state index is 0.0109. The molecule has 2 saturated carbocycles. The Morgan fingerprint density at radius 1 is 0.954 bits per heavy atom. The maximum atomic E-state index is 15.7. The molecule has 4 aliphatic rings. The Morgan fingerprint density at radius 2 is 1.66 bits per heavy atom. The van der Waals surface area contributed by atoms with E-state index in [1.165, 1.54) is 9.13 Å². The number of H-pyrrole nitrogens is 1. The number of halogens is 1. The van der Waals surface area contributed by atoms with Gasteiger partial charge in [0.05, 0.1) is 40.4 Å². The molecule has 11 rings (SSSR count). The van der Waals surface area contributed by atoms with Gasteiger partial charge in [-0.2, -0.15) is 5.10 Å². The molecule has 19 heteroatoms. The number of sulfonamides is 1. The second-order valence-corrected chi connectivity index (χ2v) is 19.9. The molecule has 0 bridgehead atoms. The number of hydrogen-bond acceptors (Lipinski definition) is 10. The molecule has 0 spiro atoms. The van der Waals surface area contributed by atoms with Gasteiger partial charge in [0.1, 0.15) is 22.9 Å². The number of ether oxygens (including phenoxy) is 1. The average Bonchev–Trinajstić information content (AvgIpc) is 3.99. The lowest BCUT2D eigenvalue weighted by atomic mass is 9.93. The fourth-order valence-corrected chi connectivity index (χ4v) is 10.9.